The van der Waals surface area contributed by atoms with Crippen molar-refractivity contribution in [2.45, 2.75) is 45.4 Å². The molecule has 3 rings (SSSR count). The zero-order chi connectivity index (χ0) is 20.8. The number of hydrogen-bond acceptors (Lipinski definition) is 5. The van der Waals surface area contributed by atoms with E-state index in [0.717, 1.165) is 12.0 Å². The molecule has 1 fully saturated rings. The van der Waals surface area contributed by atoms with Gasteiger partial charge in [-0.1, -0.05) is 37.3 Å². The highest BCUT2D eigenvalue weighted by molar-refractivity contribution is 6.39. The Hall–Kier alpha value is -3.20. The van der Waals surface area contributed by atoms with Crippen LogP contribution in [0.25, 0.3) is 0 Å². The highest BCUT2D eigenvalue weighted by atomic mass is 16.2. The Morgan fingerprint density at radius 1 is 1.24 bits per heavy atom. The van der Waals surface area contributed by atoms with Crippen molar-refractivity contribution in [1.82, 2.24) is 25.7 Å². The van der Waals surface area contributed by atoms with Crippen LogP contribution in [0.4, 0.5) is 5.82 Å². The predicted molar refractivity (Wildman–Crippen MR) is 108 cm³/mol. The van der Waals surface area contributed by atoms with E-state index in [2.05, 4.69) is 26.4 Å². The largest absolute Gasteiger partial charge is 0.347 e. The van der Waals surface area contributed by atoms with E-state index in [9.17, 15) is 14.4 Å². The van der Waals surface area contributed by atoms with Crippen LogP contribution >= 0.6 is 0 Å². The minimum absolute atomic E-state index is 0.0168. The van der Waals surface area contributed by atoms with E-state index in [1.165, 1.54) is 4.68 Å². The van der Waals surface area contributed by atoms with Gasteiger partial charge in [-0.25, -0.2) is 4.68 Å². The number of rotatable bonds is 6. The number of benzene rings is 1. The van der Waals surface area contributed by atoms with Crippen molar-refractivity contribution in [2.24, 2.45) is 0 Å². The summed E-state index contributed by atoms with van der Waals surface area (Å²) in [6.07, 6.45) is 1.22. The molecular weight excluding hydrogens is 372 g/mol. The zero-order valence-corrected chi connectivity index (χ0v) is 16.6. The third-order valence-corrected chi connectivity index (χ3v) is 4.71. The normalized spacial score (nSPS) is 18.8. The predicted octanol–water partition coefficient (Wildman–Crippen LogP) is 0.833. The van der Waals surface area contributed by atoms with E-state index >= 15 is 0 Å². The third-order valence-electron chi connectivity index (χ3n) is 4.71. The second-order valence-corrected chi connectivity index (χ2v) is 7.01. The summed E-state index contributed by atoms with van der Waals surface area (Å²) in [7, 11) is 0. The van der Waals surface area contributed by atoms with Gasteiger partial charge >= 0.3 is 11.8 Å². The third kappa shape index (κ3) is 5.41. The molecule has 2 atom stereocenters. The molecule has 4 N–H and O–H groups in total. The van der Waals surface area contributed by atoms with Crippen molar-refractivity contribution in [2.75, 3.05) is 11.9 Å². The maximum Gasteiger partial charge on any atom is 0.314 e. The standard InChI is InChI=1S/C20H26N6O3/c1-3-15-12-17(27)24-20(22-15)26-16(11-13(2)25-26)23-19(29)18(28)21-10-9-14-7-5-4-6-8-14/h4-8,11,15,20,22H,3,9-10,12H2,1-2H3,(H,21,28)(H,23,29)(H,24,27). The summed E-state index contributed by atoms with van der Waals surface area (Å²) in [6.45, 7) is 4.12. The van der Waals surface area contributed by atoms with Crippen molar-refractivity contribution >= 4 is 23.5 Å². The van der Waals surface area contributed by atoms with E-state index in [0.29, 0.717) is 30.9 Å². The number of hydrogen-bond donors (Lipinski definition) is 4. The number of aryl methyl sites for hydroxylation is 1. The molecule has 0 aliphatic carbocycles. The molecule has 2 aromatic rings. The average Bonchev–Trinajstić information content (AvgIpc) is 3.08. The van der Waals surface area contributed by atoms with Crippen LogP contribution in [0.2, 0.25) is 0 Å². The molecule has 0 saturated carbocycles. The molecule has 9 nitrogen and oxygen atoms in total. The van der Waals surface area contributed by atoms with Crippen molar-refractivity contribution in [3.8, 4) is 0 Å². The summed E-state index contributed by atoms with van der Waals surface area (Å²) in [4.78, 5) is 36.4. The molecule has 1 aromatic heterocycles. The Kier molecular flexibility index (Phi) is 6.61. The van der Waals surface area contributed by atoms with Crippen LogP contribution in [0, 0.1) is 6.92 Å². The molecule has 29 heavy (non-hydrogen) atoms. The number of anilines is 1. The molecule has 2 unspecified atom stereocenters. The number of carbonyl (C=O) groups excluding carboxylic acids is 3. The van der Waals surface area contributed by atoms with Crippen molar-refractivity contribution in [3.63, 3.8) is 0 Å². The van der Waals surface area contributed by atoms with Crippen LogP contribution in [0.3, 0.4) is 0 Å². The maximum absolute atomic E-state index is 12.3. The Morgan fingerprint density at radius 3 is 2.72 bits per heavy atom. The molecule has 2 heterocycles. The first kappa shape index (κ1) is 20.5. The van der Waals surface area contributed by atoms with Gasteiger partial charge in [0.25, 0.3) is 0 Å². The minimum atomic E-state index is -0.784. The Balaban J connectivity index is 1.60. The summed E-state index contributed by atoms with van der Waals surface area (Å²) in [6, 6.07) is 11.4. The van der Waals surface area contributed by atoms with Gasteiger partial charge in [-0.3, -0.25) is 19.7 Å². The number of aromatic nitrogens is 2. The average molecular weight is 398 g/mol. The van der Waals surface area contributed by atoms with Crippen LogP contribution in [0.1, 0.15) is 37.3 Å². The lowest BCUT2D eigenvalue weighted by atomic mass is 10.1. The van der Waals surface area contributed by atoms with Crippen LogP contribution in [-0.2, 0) is 20.8 Å². The summed E-state index contributed by atoms with van der Waals surface area (Å²) >= 11 is 0. The Bertz CT molecular complexity index is 880. The van der Waals surface area contributed by atoms with E-state index in [1.807, 2.05) is 37.3 Å². The number of nitrogens with zero attached hydrogens (tertiary/aromatic N) is 2. The van der Waals surface area contributed by atoms with E-state index in [-0.39, 0.29) is 11.9 Å². The molecule has 154 valence electrons. The maximum atomic E-state index is 12.3. The monoisotopic (exact) mass is 398 g/mol. The molecule has 1 aromatic carbocycles. The molecule has 0 bridgehead atoms. The van der Waals surface area contributed by atoms with Crippen LogP contribution in [-0.4, -0.2) is 40.1 Å². The fourth-order valence-electron chi connectivity index (χ4n) is 3.18. The van der Waals surface area contributed by atoms with Gasteiger partial charge in [0.15, 0.2) is 6.29 Å². The molecular formula is C20H26N6O3. The van der Waals surface area contributed by atoms with E-state index < -0.39 is 18.1 Å². The van der Waals surface area contributed by atoms with Gasteiger partial charge in [0.1, 0.15) is 5.82 Å². The van der Waals surface area contributed by atoms with Gasteiger partial charge in [0, 0.05) is 25.1 Å². The first-order valence-corrected chi connectivity index (χ1v) is 9.71. The van der Waals surface area contributed by atoms with E-state index in [1.54, 1.807) is 13.0 Å². The van der Waals surface area contributed by atoms with Gasteiger partial charge in [0.2, 0.25) is 5.91 Å². The summed E-state index contributed by atoms with van der Waals surface area (Å²) < 4.78 is 1.48. The van der Waals surface area contributed by atoms with Gasteiger partial charge in [-0.15, -0.1) is 0 Å². The molecule has 9 heteroatoms. The molecule has 0 spiro atoms. The van der Waals surface area contributed by atoms with E-state index in [4.69, 9.17) is 0 Å². The zero-order valence-electron chi connectivity index (χ0n) is 16.6. The van der Waals surface area contributed by atoms with Crippen LogP contribution in [0.15, 0.2) is 36.4 Å². The van der Waals surface area contributed by atoms with Gasteiger partial charge in [0.05, 0.1) is 5.69 Å². The highest BCUT2D eigenvalue weighted by Gasteiger charge is 2.28. The van der Waals surface area contributed by atoms with Crippen molar-refractivity contribution in [3.05, 3.63) is 47.7 Å². The van der Waals surface area contributed by atoms with Crippen molar-refractivity contribution in [1.29, 1.82) is 0 Å². The smallest absolute Gasteiger partial charge is 0.314 e. The summed E-state index contributed by atoms with van der Waals surface area (Å²) in [5.41, 5.74) is 1.73. The lowest BCUT2D eigenvalue weighted by Crippen LogP contribution is -2.53. The van der Waals surface area contributed by atoms with Gasteiger partial charge < -0.3 is 16.0 Å². The van der Waals surface area contributed by atoms with Gasteiger partial charge in [-0.05, 0) is 25.3 Å². The number of amides is 3. The summed E-state index contributed by atoms with van der Waals surface area (Å²) in [5, 5.41) is 15.6. The lowest BCUT2D eigenvalue weighted by Gasteiger charge is -2.31. The number of nitrogens with one attached hydrogen (secondary N) is 4. The Morgan fingerprint density at radius 2 is 2.00 bits per heavy atom. The fourth-order valence-corrected chi connectivity index (χ4v) is 3.18. The SMILES string of the molecule is CCC1CC(=O)NC(n2nc(C)cc2NC(=O)C(=O)NCCc2ccccc2)N1. The summed E-state index contributed by atoms with van der Waals surface area (Å²) in [5.74, 6) is -1.27. The quantitative estimate of drug-likeness (QED) is 0.538. The molecule has 1 saturated heterocycles. The molecule has 1 aliphatic heterocycles. The second-order valence-electron chi connectivity index (χ2n) is 7.01. The lowest BCUT2D eigenvalue weighted by molar-refractivity contribution is -0.136. The Labute approximate surface area is 169 Å². The second kappa shape index (κ2) is 9.33. The number of carbonyl (C=O) groups is 3. The van der Waals surface area contributed by atoms with Crippen LogP contribution < -0.4 is 21.3 Å². The first-order chi connectivity index (χ1) is 14.0. The first-order valence-electron chi connectivity index (χ1n) is 9.71. The highest BCUT2D eigenvalue weighted by Crippen LogP contribution is 2.18. The molecule has 3 amide bonds. The molecule has 0 radical (unpaired) electrons. The fraction of sp³-hybridized carbons (Fsp3) is 0.400. The molecule has 1 aliphatic rings. The van der Waals surface area contributed by atoms with Gasteiger partial charge in [-0.2, -0.15) is 5.10 Å². The topological polar surface area (TPSA) is 117 Å². The van der Waals surface area contributed by atoms with Crippen molar-refractivity contribution < 1.29 is 14.4 Å². The van der Waals surface area contributed by atoms with Crippen LogP contribution in [0.5, 0.6) is 0 Å². The minimum Gasteiger partial charge on any atom is -0.347 e.